The van der Waals surface area contributed by atoms with E-state index in [4.69, 9.17) is 4.74 Å². The van der Waals surface area contributed by atoms with Crippen LogP contribution in [0.15, 0.2) is 24.3 Å². The van der Waals surface area contributed by atoms with E-state index in [1.54, 1.807) is 31.3 Å². The van der Waals surface area contributed by atoms with Gasteiger partial charge in [-0.05, 0) is 30.7 Å². The second kappa shape index (κ2) is 6.93. The minimum absolute atomic E-state index is 0.170. The maximum absolute atomic E-state index is 11.9. The Morgan fingerprint density at radius 1 is 1.36 bits per heavy atom. The molecular weight excluding hydrogens is 288 g/mol. The number of amides is 2. The van der Waals surface area contributed by atoms with Crippen LogP contribution in [0.5, 0.6) is 0 Å². The van der Waals surface area contributed by atoms with E-state index in [2.05, 4.69) is 10.1 Å². The van der Waals surface area contributed by atoms with Crippen LogP contribution in [-0.2, 0) is 14.3 Å². The number of rotatable bonds is 5. The van der Waals surface area contributed by atoms with Crippen LogP contribution < -0.4 is 5.32 Å². The lowest BCUT2D eigenvalue weighted by atomic mass is 10.1. The molecule has 1 heterocycles. The zero-order valence-electron chi connectivity index (χ0n) is 12.5. The fourth-order valence-corrected chi connectivity index (χ4v) is 2.12. The number of nitrogens with one attached hydrogen (secondary N) is 1. The summed E-state index contributed by atoms with van der Waals surface area (Å²) >= 11 is 0. The average molecular weight is 306 g/mol. The van der Waals surface area contributed by atoms with Crippen molar-refractivity contribution in [2.45, 2.75) is 18.9 Å². The van der Waals surface area contributed by atoms with Gasteiger partial charge in [0.2, 0.25) is 5.91 Å². The van der Waals surface area contributed by atoms with Crippen LogP contribution in [0.1, 0.15) is 23.2 Å². The van der Waals surface area contributed by atoms with Crippen LogP contribution in [0.3, 0.4) is 0 Å². The molecule has 118 valence electrons. The number of esters is 1. The summed E-state index contributed by atoms with van der Waals surface area (Å²) in [5.74, 6) is -0.596. The number of ether oxygens (including phenoxy) is 2. The van der Waals surface area contributed by atoms with Gasteiger partial charge in [0, 0.05) is 19.2 Å². The highest BCUT2D eigenvalue weighted by molar-refractivity contribution is 5.93. The molecule has 1 aromatic rings. The third-order valence-electron chi connectivity index (χ3n) is 3.34. The lowest BCUT2D eigenvalue weighted by Crippen LogP contribution is -2.20. The van der Waals surface area contributed by atoms with Gasteiger partial charge in [-0.1, -0.05) is 0 Å². The molecule has 0 aromatic heterocycles. The van der Waals surface area contributed by atoms with Crippen molar-refractivity contribution in [1.82, 2.24) is 4.90 Å². The molecule has 0 bridgehead atoms. The molecule has 1 aromatic carbocycles. The van der Waals surface area contributed by atoms with Gasteiger partial charge in [0.1, 0.15) is 6.10 Å². The molecule has 1 fully saturated rings. The summed E-state index contributed by atoms with van der Waals surface area (Å²) < 4.78 is 9.68. The zero-order chi connectivity index (χ0) is 16.1. The number of nitrogens with zero attached hydrogens (tertiary/aromatic N) is 1. The van der Waals surface area contributed by atoms with E-state index in [0.29, 0.717) is 24.2 Å². The average Bonchev–Trinajstić information content (AvgIpc) is 2.84. The number of carbonyl (C=O) groups is 3. The van der Waals surface area contributed by atoms with Gasteiger partial charge in [0.25, 0.3) is 0 Å². The molecule has 22 heavy (non-hydrogen) atoms. The molecule has 7 heteroatoms. The third-order valence-corrected chi connectivity index (χ3v) is 3.34. The van der Waals surface area contributed by atoms with E-state index in [1.165, 1.54) is 12.0 Å². The highest BCUT2D eigenvalue weighted by Gasteiger charge is 2.28. The Kier molecular flexibility index (Phi) is 4.98. The first kappa shape index (κ1) is 15.8. The van der Waals surface area contributed by atoms with E-state index < -0.39 is 5.97 Å². The van der Waals surface area contributed by atoms with Crippen molar-refractivity contribution in [3.63, 3.8) is 0 Å². The third kappa shape index (κ3) is 3.97. The van der Waals surface area contributed by atoms with E-state index in [0.717, 1.165) is 0 Å². The summed E-state index contributed by atoms with van der Waals surface area (Å²) in [6, 6.07) is 6.42. The first-order chi connectivity index (χ1) is 10.5. The Labute approximate surface area is 128 Å². The van der Waals surface area contributed by atoms with Crippen molar-refractivity contribution >= 4 is 23.7 Å². The maximum atomic E-state index is 11.9. The predicted molar refractivity (Wildman–Crippen MR) is 78.5 cm³/mol. The van der Waals surface area contributed by atoms with Gasteiger partial charge in [-0.15, -0.1) is 0 Å². The van der Waals surface area contributed by atoms with Gasteiger partial charge in [0.05, 0.1) is 19.2 Å². The zero-order valence-corrected chi connectivity index (χ0v) is 12.5. The predicted octanol–water partition coefficient (Wildman–Crippen LogP) is 1.64. The van der Waals surface area contributed by atoms with Crippen molar-refractivity contribution in [3.8, 4) is 0 Å². The van der Waals surface area contributed by atoms with Gasteiger partial charge < -0.3 is 19.7 Å². The fourth-order valence-electron chi connectivity index (χ4n) is 2.12. The van der Waals surface area contributed by atoms with Crippen molar-refractivity contribution < 1.29 is 23.9 Å². The quantitative estimate of drug-likeness (QED) is 0.836. The maximum Gasteiger partial charge on any atom is 0.409 e. The summed E-state index contributed by atoms with van der Waals surface area (Å²) in [5, 5.41) is 2.73. The molecule has 1 aliphatic rings. The van der Waals surface area contributed by atoms with Crippen molar-refractivity contribution in [1.29, 1.82) is 0 Å². The molecule has 2 rings (SSSR count). The first-order valence-corrected chi connectivity index (χ1v) is 6.89. The lowest BCUT2D eigenvalue weighted by molar-refractivity contribution is -0.116. The smallest absolute Gasteiger partial charge is 0.409 e. The summed E-state index contributed by atoms with van der Waals surface area (Å²) in [4.78, 5) is 35.8. The first-order valence-electron chi connectivity index (χ1n) is 6.89. The summed E-state index contributed by atoms with van der Waals surface area (Å²) in [6.45, 7) is 0.500. The monoisotopic (exact) mass is 306 g/mol. The summed E-state index contributed by atoms with van der Waals surface area (Å²) in [6.07, 6.45) is 0.126. The Hall–Kier alpha value is -2.57. The van der Waals surface area contributed by atoms with Crippen LogP contribution in [-0.4, -0.2) is 49.7 Å². The molecule has 1 saturated heterocycles. The minimum atomic E-state index is -0.426. The molecule has 0 saturated carbocycles. The molecule has 0 aliphatic carbocycles. The molecule has 7 nitrogen and oxygen atoms in total. The molecule has 0 spiro atoms. The second-order valence-corrected chi connectivity index (χ2v) is 5.04. The molecule has 1 atom stereocenters. The van der Waals surface area contributed by atoms with Crippen LogP contribution in [0.25, 0.3) is 0 Å². The van der Waals surface area contributed by atoms with Crippen LogP contribution in [0.2, 0.25) is 0 Å². The van der Waals surface area contributed by atoms with E-state index in [-0.39, 0.29) is 24.5 Å². The SMILES string of the molecule is COC(=O)c1ccc(NC(=O)CCC2CN(C)C(=O)O2)cc1. The summed E-state index contributed by atoms with van der Waals surface area (Å²) in [7, 11) is 2.97. The Morgan fingerprint density at radius 3 is 2.59 bits per heavy atom. The fraction of sp³-hybridized carbons (Fsp3) is 0.400. The van der Waals surface area contributed by atoms with Gasteiger partial charge >= 0.3 is 12.1 Å². The number of cyclic esters (lactones) is 1. The number of anilines is 1. The number of likely N-dealkylation sites (N-methyl/N-ethyl adjacent to an activating group) is 1. The standard InChI is InChI=1S/C15H18N2O5/c1-17-9-12(22-15(17)20)7-8-13(18)16-11-5-3-10(4-6-11)14(19)21-2/h3-6,12H,7-9H2,1-2H3,(H,16,18). The number of benzene rings is 1. The van der Waals surface area contributed by atoms with E-state index in [1.807, 2.05) is 0 Å². The van der Waals surface area contributed by atoms with Crippen LogP contribution in [0, 0.1) is 0 Å². The molecule has 1 N–H and O–H groups in total. The Morgan fingerprint density at radius 2 is 2.05 bits per heavy atom. The van der Waals surface area contributed by atoms with Crippen LogP contribution >= 0.6 is 0 Å². The Bertz CT molecular complexity index is 570. The number of hydrogen-bond acceptors (Lipinski definition) is 5. The molecular formula is C15H18N2O5. The largest absolute Gasteiger partial charge is 0.465 e. The van der Waals surface area contributed by atoms with Gasteiger partial charge in [-0.3, -0.25) is 4.79 Å². The van der Waals surface area contributed by atoms with E-state index in [9.17, 15) is 14.4 Å². The highest BCUT2D eigenvalue weighted by Crippen LogP contribution is 2.15. The Balaban J connectivity index is 1.79. The second-order valence-electron chi connectivity index (χ2n) is 5.04. The number of hydrogen-bond donors (Lipinski definition) is 1. The van der Waals surface area contributed by atoms with Crippen molar-refractivity contribution in [2.24, 2.45) is 0 Å². The highest BCUT2D eigenvalue weighted by atomic mass is 16.6. The van der Waals surface area contributed by atoms with Crippen molar-refractivity contribution in [2.75, 3.05) is 26.0 Å². The van der Waals surface area contributed by atoms with Gasteiger partial charge in [0.15, 0.2) is 0 Å². The van der Waals surface area contributed by atoms with Crippen molar-refractivity contribution in [3.05, 3.63) is 29.8 Å². The lowest BCUT2D eigenvalue weighted by Gasteiger charge is -2.09. The molecule has 0 radical (unpaired) electrons. The topological polar surface area (TPSA) is 84.9 Å². The van der Waals surface area contributed by atoms with E-state index >= 15 is 0 Å². The molecule has 2 amide bonds. The van der Waals surface area contributed by atoms with Crippen LogP contribution in [0.4, 0.5) is 10.5 Å². The summed E-state index contributed by atoms with van der Waals surface area (Å²) in [5.41, 5.74) is 1.01. The van der Waals surface area contributed by atoms with Gasteiger partial charge in [-0.25, -0.2) is 9.59 Å². The number of carbonyl (C=O) groups excluding carboxylic acids is 3. The molecule has 1 aliphatic heterocycles. The molecule has 1 unspecified atom stereocenters. The minimum Gasteiger partial charge on any atom is -0.465 e. The normalized spacial score (nSPS) is 17.1. The number of methoxy groups -OCH3 is 1. The van der Waals surface area contributed by atoms with Gasteiger partial charge in [-0.2, -0.15) is 0 Å².